The van der Waals surface area contributed by atoms with Crippen LogP contribution in [0.25, 0.3) is 0 Å². The summed E-state index contributed by atoms with van der Waals surface area (Å²) in [4.78, 5) is 11.1. The van der Waals surface area contributed by atoms with Gasteiger partial charge < -0.3 is 20.5 Å². The van der Waals surface area contributed by atoms with Gasteiger partial charge >= 0.3 is 5.97 Å². The van der Waals surface area contributed by atoms with E-state index in [1.807, 2.05) is 68.4 Å². The summed E-state index contributed by atoms with van der Waals surface area (Å²) in [7, 11) is 0. The van der Waals surface area contributed by atoms with Gasteiger partial charge in [-0.1, -0.05) is 56.3 Å². The smallest absolute Gasteiger partial charge is 0.320 e. The SMILES string of the molecule is CC(C)C(NCCNCc1cccc(OCc2ccccc2)c1)C(=O)O. The van der Waals surface area contributed by atoms with Gasteiger partial charge in [-0.2, -0.15) is 0 Å². The number of rotatable bonds is 11. The molecule has 5 heteroatoms. The highest BCUT2D eigenvalue weighted by Gasteiger charge is 2.19. The Morgan fingerprint density at radius 1 is 1.04 bits per heavy atom. The van der Waals surface area contributed by atoms with Crippen LogP contribution in [0, 0.1) is 5.92 Å². The van der Waals surface area contributed by atoms with E-state index in [-0.39, 0.29) is 5.92 Å². The lowest BCUT2D eigenvalue weighted by atomic mass is 10.1. The first-order valence-electron chi connectivity index (χ1n) is 8.99. The molecule has 0 radical (unpaired) electrons. The molecule has 5 nitrogen and oxygen atoms in total. The first kappa shape index (κ1) is 19.9. The van der Waals surface area contributed by atoms with Crippen molar-refractivity contribution in [3.8, 4) is 5.75 Å². The maximum atomic E-state index is 11.1. The monoisotopic (exact) mass is 356 g/mol. The Balaban J connectivity index is 1.72. The van der Waals surface area contributed by atoms with Gasteiger partial charge in [0.15, 0.2) is 0 Å². The predicted molar refractivity (Wildman–Crippen MR) is 103 cm³/mol. The van der Waals surface area contributed by atoms with Gasteiger partial charge in [-0.05, 0) is 29.2 Å². The Bertz CT molecular complexity index is 674. The Labute approximate surface area is 155 Å². The van der Waals surface area contributed by atoms with Crippen molar-refractivity contribution >= 4 is 5.97 Å². The van der Waals surface area contributed by atoms with Gasteiger partial charge in [0.05, 0.1) is 0 Å². The summed E-state index contributed by atoms with van der Waals surface area (Å²) in [5, 5.41) is 15.5. The maximum absolute atomic E-state index is 11.1. The largest absolute Gasteiger partial charge is 0.489 e. The molecule has 0 spiro atoms. The fraction of sp³-hybridized carbons (Fsp3) is 0.381. The summed E-state index contributed by atoms with van der Waals surface area (Å²) in [5.41, 5.74) is 2.27. The summed E-state index contributed by atoms with van der Waals surface area (Å²) in [6.45, 7) is 6.38. The van der Waals surface area contributed by atoms with Crippen molar-refractivity contribution in [1.82, 2.24) is 10.6 Å². The van der Waals surface area contributed by atoms with E-state index in [0.717, 1.165) is 16.9 Å². The second-order valence-corrected chi connectivity index (χ2v) is 6.61. The standard InChI is InChI=1S/C21H28N2O3/c1-16(2)20(21(24)25)23-12-11-22-14-18-9-6-10-19(13-18)26-15-17-7-4-3-5-8-17/h3-10,13,16,20,22-23H,11-12,14-15H2,1-2H3,(H,24,25). The van der Waals surface area contributed by atoms with Crippen LogP contribution in [0.15, 0.2) is 54.6 Å². The van der Waals surface area contributed by atoms with Crippen LogP contribution in [0.1, 0.15) is 25.0 Å². The minimum absolute atomic E-state index is 0.0611. The third-order valence-electron chi connectivity index (χ3n) is 4.07. The second kappa shape index (κ2) is 10.6. The summed E-state index contributed by atoms with van der Waals surface area (Å²) < 4.78 is 5.84. The van der Waals surface area contributed by atoms with E-state index < -0.39 is 12.0 Å². The molecule has 0 bridgehead atoms. The molecule has 2 aromatic carbocycles. The zero-order valence-corrected chi connectivity index (χ0v) is 15.4. The van der Waals surface area contributed by atoms with Crippen LogP contribution < -0.4 is 15.4 Å². The number of hydrogen-bond donors (Lipinski definition) is 3. The number of carboxylic acids is 1. The van der Waals surface area contributed by atoms with Crippen LogP contribution >= 0.6 is 0 Å². The molecule has 0 aromatic heterocycles. The van der Waals surface area contributed by atoms with Gasteiger partial charge in [0.1, 0.15) is 18.4 Å². The Kier molecular flexibility index (Phi) is 8.12. The van der Waals surface area contributed by atoms with E-state index >= 15 is 0 Å². The van der Waals surface area contributed by atoms with Crippen LogP contribution in [-0.2, 0) is 17.9 Å². The fourth-order valence-electron chi connectivity index (χ4n) is 2.64. The molecule has 140 valence electrons. The van der Waals surface area contributed by atoms with Crippen molar-refractivity contribution in [3.05, 3.63) is 65.7 Å². The zero-order valence-electron chi connectivity index (χ0n) is 15.4. The lowest BCUT2D eigenvalue weighted by molar-refractivity contribution is -0.140. The lowest BCUT2D eigenvalue weighted by Gasteiger charge is -2.18. The quantitative estimate of drug-likeness (QED) is 0.540. The van der Waals surface area contributed by atoms with Crippen molar-refractivity contribution in [2.45, 2.75) is 33.0 Å². The number of benzene rings is 2. The zero-order chi connectivity index (χ0) is 18.8. The number of ether oxygens (including phenoxy) is 1. The van der Waals surface area contributed by atoms with Gasteiger partial charge in [0.25, 0.3) is 0 Å². The molecule has 0 aliphatic rings. The molecule has 2 rings (SSSR count). The molecular formula is C21H28N2O3. The van der Waals surface area contributed by atoms with Gasteiger partial charge in [0.2, 0.25) is 0 Å². The van der Waals surface area contributed by atoms with Crippen molar-refractivity contribution in [1.29, 1.82) is 0 Å². The summed E-state index contributed by atoms with van der Waals surface area (Å²) in [6, 6.07) is 17.6. The molecule has 2 aromatic rings. The van der Waals surface area contributed by atoms with E-state index in [9.17, 15) is 4.79 Å². The summed E-state index contributed by atoms with van der Waals surface area (Å²) >= 11 is 0. The van der Waals surface area contributed by atoms with Gasteiger partial charge in [-0.3, -0.25) is 4.79 Å². The Hall–Kier alpha value is -2.37. The van der Waals surface area contributed by atoms with Crippen molar-refractivity contribution in [3.63, 3.8) is 0 Å². The third kappa shape index (κ3) is 6.86. The van der Waals surface area contributed by atoms with Gasteiger partial charge in [-0.15, -0.1) is 0 Å². The number of nitrogens with one attached hydrogen (secondary N) is 2. The lowest BCUT2D eigenvalue weighted by Crippen LogP contribution is -2.43. The molecule has 1 atom stereocenters. The minimum atomic E-state index is -0.803. The van der Waals surface area contributed by atoms with E-state index in [0.29, 0.717) is 26.2 Å². The average Bonchev–Trinajstić information content (AvgIpc) is 2.63. The fourth-order valence-corrected chi connectivity index (χ4v) is 2.64. The van der Waals surface area contributed by atoms with Gasteiger partial charge in [-0.25, -0.2) is 0 Å². The molecule has 0 aliphatic heterocycles. The average molecular weight is 356 g/mol. The second-order valence-electron chi connectivity index (χ2n) is 6.61. The number of aliphatic carboxylic acids is 1. The topological polar surface area (TPSA) is 70.6 Å². The predicted octanol–water partition coefficient (Wildman–Crippen LogP) is 3.05. The molecule has 0 amide bonds. The summed E-state index contributed by atoms with van der Waals surface area (Å²) in [6.07, 6.45) is 0. The van der Waals surface area contributed by atoms with Crippen molar-refractivity contribution in [2.75, 3.05) is 13.1 Å². The minimum Gasteiger partial charge on any atom is -0.489 e. The Morgan fingerprint density at radius 2 is 1.77 bits per heavy atom. The van der Waals surface area contributed by atoms with Crippen molar-refractivity contribution < 1.29 is 14.6 Å². The first-order chi connectivity index (χ1) is 12.6. The molecule has 0 heterocycles. The van der Waals surface area contributed by atoms with E-state index in [2.05, 4.69) is 10.6 Å². The molecule has 1 unspecified atom stereocenters. The molecule has 0 aliphatic carbocycles. The van der Waals surface area contributed by atoms with Crippen LogP contribution in [-0.4, -0.2) is 30.2 Å². The number of carbonyl (C=O) groups is 1. The Morgan fingerprint density at radius 3 is 2.46 bits per heavy atom. The number of hydrogen-bond acceptors (Lipinski definition) is 4. The van der Waals surface area contributed by atoms with Crippen LogP contribution in [0.3, 0.4) is 0 Å². The molecule has 3 N–H and O–H groups in total. The van der Waals surface area contributed by atoms with Crippen LogP contribution in [0.2, 0.25) is 0 Å². The molecule has 0 fully saturated rings. The maximum Gasteiger partial charge on any atom is 0.320 e. The van der Waals surface area contributed by atoms with Crippen LogP contribution in [0.4, 0.5) is 0 Å². The molecule has 0 saturated heterocycles. The van der Waals surface area contributed by atoms with E-state index in [4.69, 9.17) is 9.84 Å². The third-order valence-corrected chi connectivity index (χ3v) is 4.07. The summed E-state index contributed by atoms with van der Waals surface area (Å²) in [5.74, 6) is 0.103. The van der Waals surface area contributed by atoms with Crippen LogP contribution in [0.5, 0.6) is 5.75 Å². The van der Waals surface area contributed by atoms with Gasteiger partial charge in [0, 0.05) is 19.6 Å². The van der Waals surface area contributed by atoms with E-state index in [1.165, 1.54) is 0 Å². The van der Waals surface area contributed by atoms with E-state index in [1.54, 1.807) is 0 Å². The van der Waals surface area contributed by atoms with Crippen molar-refractivity contribution in [2.24, 2.45) is 5.92 Å². The molecule has 26 heavy (non-hydrogen) atoms. The highest BCUT2D eigenvalue weighted by molar-refractivity contribution is 5.73. The normalized spacial score (nSPS) is 12.1. The highest BCUT2D eigenvalue weighted by atomic mass is 16.5. The number of carboxylic acid groups (broad SMARTS) is 1. The molecular weight excluding hydrogens is 328 g/mol. The molecule has 0 saturated carbocycles. The first-order valence-corrected chi connectivity index (χ1v) is 8.99. The highest BCUT2D eigenvalue weighted by Crippen LogP contribution is 2.15.